The Morgan fingerprint density at radius 2 is 1.85 bits per heavy atom. The zero-order valence-electron chi connectivity index (χ0n) is 14.6. The summed E-state index contributed by atoms with van der Waals surface area (Å²) in [7, 11) is 0. The number of hydrogen-bond acceptors (Lipinski definition) is 6. The molecule has 3 aromatic heterocycles. The van der Waals surface area contributed by atoms with Gasteiger partial charge in [-0.3, -0.25) is 9.55 Å². The lowest BCUT2D eigenvalue weighted by molar-refractivity contribution is 0.277. The number of aliphatic hydroxyl groups excluding tert-OH is 1. The van der Waals surface area contributed by atoms with Crippen molar-refractivity contribution < 1.29 is 5.11 Å². The van der Waals surface area contributed by atoms with Gasteiger partial charge in [-0.1, -0.05) is 18.2 Å². The van der Waals surface area contributed by atoms with Gasteiger partial charge in [-0.2, -0.15) is 0 Å². The van der Waals surface area contributed by atoms with E-state index in [1.165, 1.54) is 0 Å². The SMILES string of the molecule is OCc1cn(-c2nccnc2C2CN(c3ccc4ccccc4n3)C2)cn1. The lowest BCUT2D eigenvalue weighted by Crippen LogP contribution is -2.46. The van der Waals surface area contributed by atoms with Gasteiger partial charge >= 0.3 is 0 Å². The van der Waals surface area contributed by atoms with E-state index in [9.17, 15) is 5.11 Å². The minimum atomic E-state index is -0.0898. The first-order chi connectivity index (χ1) is 13.3. The second kappa shape index (κ2) is 6.44. The van der Waals surface area contributed by atoms with Crippen LogP contribution in [0.5, 0.6) is 0 Å². The quantitative estimate of drug-likeness (QED) is 0.603. The Labute approximate surface area is 156 Å². The maximum absolute atomic E-state index is 9.24. The standard InChI is InChI=1S/C20H18N6O/c27-12-16-11-26(13-23-16)20-19(21-7-8-22-20)15-9-25(10-15)18-6-5-14-3-1-2-4-17(14)24-18/h1-8,11,13,15,27H,9-10,12H2. The van der Waals surface area contributed by atoms with Crippen LogP contribution < -0.4 is 4.90 Å². The van der Waals surface area contributed by atoms with Crippen LogP contribution in [0.4, 0.5) is 5.82 Å². The number of fused-ring (bicyclic) bond motifs is 1. The monoisotopic (exact) mass is 358 g/mol. The second-order valence-corrected chi connectivity index (χ2v) is 6.66. The molecule has 0 saturated carbocycles. The Hall–Kier alpha value is -3.32. The highest BCUT2D eigenvalue weighted by Gasteiger charge is 2.32. The third-order valence-corrected chi connectivity index (χ3v) is 4.92. The van der Waals surface area contributed by atoms with Crippen LogP contribution in [0.25, 0.3) is 16.7 Å². The molecule has 0 radical (unpaired) electrons. The van der Waals surface area contributed by atoms with Crippen molar-refractivity contribution in [1.82, 2.24) is 24.5 Å². The maximum Gasteiger partial charge on any atom is 0.160 e. The number of pyridine rings is 1. The first-order valence-corrected chi connectivity index (χ1v) is 8.87. The van der Waals surface area contributed by atoms with Crippen LogP contribution in [0.15, 0.2) is 61.3 Å². The average molecular weight is 358 g/mol. The number of para-hydroxylation sites is 1. The number of hydrogen-bond donors (Lipinski definition) is 1. The fourth-order valence-electron chi connectivity index (χ4n) is 3.46. The molecule has 7 nitrogen and oxygen atoms in total. The largest absolute Gasteiger partial charge is 0.390 e. The summed E-state index contributed by atoms with van der Waals surface area (Å²) in [4.78, 5) is 20.2. The van der Waals surface area contributed by atoms with E-state index in [-0.39, 0.29) is 12.5 Å². The number of benzene rings is 1. The predicted molar refractivity (Wildman–Crippen MR) is 102 cm³/mol. The van der Waals surface area contributed by atoms with E-state index in [1.807, 2.05) is 22.8 Å². The smallest absolute Gasteiger partial charge is 0.160 e. The molecule has 5 rings (SSSR count). The van der Waals surface area contributed by atoms with Crippen molar-refractivity contribution in [3.8, 4) is 5.82 Å². The minimum Gasteiger partial charge on any atom is -0.390 e. The van der Waals surface area contributed by atoms with E-state index in [1.54, 1.807) is 24.9 Å². The summed E-state index contributed by atoms with van der Waals surface area (Å²) in [5.74, 6) is 2.03. The van der Waals surface area contributed by atoms with Gasteiger partial charge in [-0.25, -0.2) is 15.0 Å². The number of imidazole rings is 1. The molecule has 1 N–H and O–H groups in total. The molecule has 1 fully saturated rings. The van der Waals surface area contributed by atoms with Crippen LogP contribution in [0.1, 0.15) is 17.3 Å². The lowest BCUT2D eigenvalue weighted by Gasteiger charge is -2.40. The molecule has 0 unspecified atom stereocenters. The molecule has 0 aliphatic carbocycles. The Bertz CT molecular complexity index is 1100. The molecule has 4 heterocycles. The molecule has 1 saturated heterocycles. The van der Waals surface area contributed by atoms with Crippen molar-refractivity contribution in [3.05, 3.63) is 72.7 Å². The van der Waals surface area contributed by atoms with E-state index in [0.717, 1.165) is 41.3 Å². The Morgan fingerprint density at radius 1 is 1.00 bits per heavy atom. The summed E-state index contributed by atoms with van der Waals surface area (Å²) in [6.07, 6.45) is 6.85. The summed E-state index contributed by atoms with van der Waals surface area (Å²) in [6.45, 7) is 1.60. The Balaban J connectivity index is 1.39. The van der Waals surface area contributed by atoms with Crippen molar-refractivity contribution in [1.29, 1.82) is 0 Å². The summed E-state index contributed by atoms with van der Waals surface area (Å²) in [6, 6.07) is 12.3. The number of nitrogens with zero attached hydrogens (tertiary/aromatic N) is 6. The number of rotatable bonds is 4. The molecule has 0 atom stereocenters. The van der Waals surface area contributed by atoms with Gasteiger partial charge in [-0.15, -0.1) is 0 Å². The van der Waals surface area contributed by atoms with E-state index in [0.29, 0.717) is 5.69 Å². The number of anilines is 1. The fraction of sp³-hybridized carbons (Fsp3) is 0.200. The third-order valence-electron chi connectivity index (χ3n) is 4.92. The predicted octanol–water partition coefficient (Wildman–Crippen LogP) is 2.31. The van der Waals surface area contributed by atoms with Crippen LogP contribution in [-0.4, -0.2) is 42.7 Å². The third kappa shape index (κ3) is 2.82. The van der Waals surface area contributed by atoms with Crippen molar-refractivity contribution in [2.24, 2.45) is 0 Å². The van der Waals surface area contributed by atoms with Crippen LogP contribution in [0.3, 0.4) is 0 Å². The topological polar surface area (TPSA) is 80.0 Å². The van der Waals surface area contributed by atoms with E-state index < -0.39 is 0 Å². The van der Waals surface area contributed by atoms with Gasteiger partial charge in [0, 0.05) is 43.0 Å². The van der Waals surface area contributed by atoms with Crippen molar-refractivity contribution >= 4 is 16.7 Å². The number of aliphatic hydroxyl groups is 1. The summed E-state index contributed by atoms with van der Waals surface area (Å²) in [5, 5.41) is 10.4. The highest BCUT2D eigenvalue weighted by molar-refractivity contribution is 5.80. The molecule has 0 amide bonds. The first kappa shape index (κ1) is 15.9. The normalized spacial score (nSPS) is 14.5. The average Bonchev–Trinajstić information content (AvgIpc) is 3.16. The van der Waals surface area contributed by atoms with Gasteiger partial charge in [0.15, 0.2) is 5.82 Å². The molecule has 27 heavy (non-hydrogen) atoms. The first-order valence-electron chi connectivity index (χ1n) is 8.87. The molecule has 0 bridgehead atoms. The van der Waals surface area contributed by atoms with Gasteiger partial charge in [-0.05, 0) is 18.2 Å². The molecule has 1 aliphatic heterocycles. The molecular formula is C20H18N6O. The van der Waals surface area contributed by atoms with Crippen molar-refractivity contribution in [2.45, 2.75) is 12.5 Å². The lowest BCUT2D eigenvalue weighted by atomic mass is 9.95. The van der Waals surface area contributed by atoms with E-state index >= 15 is 0 Å². The summed E-state index contributed by atoms with van der Waals surface area (Å²) >= 11 is 0. The van der Waals surface area contributed by atoms with Gasteiger partial charge < -0.3 is 10.0 Å². The molecule has 1 aliphatic rings. The van der Waals surface area contributed by atoms with Crippen LogP contribution in [0.2, 0.25) is 0 Å². The van der Waals surface area contributed by atoms with Gasteiger partial charge in [0.1, 0.15) is 12.1 Å². The Kier molecular flexibility index (Phi) is 3.79. The fourth-order valence-corrected chi connectivity index (χ4v) is 3.46. The Morgan fingerprint density at radius 3 is 2.70 bits per heavy atom. The molecular weight excluding hydrogens is 340 g/mol. The zero-order valence-corrected chi connectivity index (χ0v) is 14.6. The second-order valence-electron chi connectivity index (χ2n) is 6.66. The number of aromatic nitrogens is 5. The summed E-state index contributed by atoms with van der Waals surface area (Å²) in [5.41, 5.74) is 2.56. The van der Waals surface area contributed by atoms with Crippen LogP contribution in [-0.2, 0) is 6.61 Å². The van der Waals surface area contributed by atoms with Crippen molar-refractivity contribution in [3.63, 3.8) is 0 Å². The zero-order chi connectivity index (χ0) is 18.2. The van der Waals surface area contributed by atoms with E-state index in [4.69, 9.17) is 4.98 Å². The minimum absolute atomic E-state index is 0.0898. The highest BCUT2D eigenvalue weighted by Crippen LogP contribution is 2.32. The molecule has 4 aromatic rings. The van der Waals surface area contributed by atoms with Crippen LogP contribution in [0, 0.1) is 0 Å². The van der Waals surface area contributed by atoms with Gasteiger partial charge in [0.2, 0.25) is 0 Å². The molecule has 134 valence electrons. The van der Waals surface area contributed by atoms with Gasteiger partial charge in [0.05, 0.1) is 23.5 Å². The molecule has 7 heteroatoms. The molecule has 0 spiro atoms. The maximum atomic E-state index is 9.24. The van der Waals surface area contributed by atoms with Crippen molar-refractivity contribution in [2.75, 3.05) is 18.0 Å². The highest BCUT2D eigenvalue weighted by atomic mass is 16.3. The van der Waals surface area contributed by atoms with Crippen LogP contribution >= 0.6 is 0 Å². The molecule has 1 aromatic carbocycles. The van der Waals surface area contributed by atoms with Gasteiger partial charge in [0.25, 0.3) is 0 Å². The summed E-state index contributed by atoms with van der Waals surface area (Å²) < 4.78 is 1.82. The van der Waals surface area contributed by atoms with E-state index in [2.05, 4.69) is 38.1 Å².